The van der Waals surface area contributed by atoms with Gasteiger partial charge >= 0.3 is 6.03 Å². The van der Waals surface area contributed by atoms with E-state index in [0.29, 0.717) is 18.0 Å². The van der Waals surface area contributed by atoms with Gasteiger partial charge in [0.1, 0.15) is 12.2 Å². The number of aromatic nitrogens is 1. The van der Waals surface area contributed by atoms with Gasteiger partial charge in [0, 0.05) is 24.8 Å². The zero-order valence-electron chi connectivity index (χ0n) is 15.9. The predicted octanol–water partition coefficient (Wildman–Crippen LogP) is 3.58. The van der Waals surface area contributed by atoms with Crippen LogP contribution >= 0.6 is 0 Å². The van der Waals surface area contributed by atoms with Crippen LogP contribution in [-0.4, -0.2) is 29.7 Å². The van der Waals surface area contributed by atoms with Gasteiger partial charge in [0.2, 0.25) is 5.88 Å². The molecule has 1 aliphatic carbocycles. The fourth-order valence-electron chi connectivity index (χ4n) is 3.39. The van der Waals surface area contributed by atoms with Crippen molar-refractivity contribution in [3.05, 3.63) is 59.8 Å². The number of benzene rings is 1. The molecule has 0 spiro atoms. The van der Waals surface area contributed by atoms with E-state index in [1.165, 1.54) is 11.8 Å². The molecular weight excluding hydrogens is 352 g/mol. The summed E-state index contributed by atoms with van der Waals surface area (Å²) in [6, 6.07) is 15.9. The van der Waals surface area contributed by atoms with Gasteiger partial charge in [0.15, 0.2) is 0 Å². The monoisotopic (exact) mass is 378 g/mol. The highest BCUT2D eigenvalue weighted by Crippen LogP contribution is 2.23. The van der Waals surface area contributed by atoms with Crippen LogP contribution < -0.4 is 15.4 Å². The molecule has 0 radical (unpaired) electrons. The fourth-order valence-corrected chi connectivity index (χ4v) is 3.39. The molecule has 1 saturated carbocycles. The van der Waals surface area contributed by atoms with Gasteiger partial charge in [-0.05, 0) is 50.2 Å². The van der Waals surface area contributed by atoms with E-state index < -0.39 is 0 Å². The highest BCUT2D eigenvalue weighted by molar-refractivity contribution is 5.74. The normalized spacial score (nSPS) is 18.7. The third-order valence-corrected chi connectivity index (χ3v) is 4.93. The second-order valence-corrected chi connectivity index (χ2v) is 7.08. The highest BCUT2D eigenvalue weighted by Gasteiger charge is 2.23. The van der Waals surface area contributed by atoms with Crippen molar-refractivity contribution in [3.8, 4) is 11.9 Å². The Kier molecular flexibility index (Phi) is 7.25. The summed E-state index contributed by atoms with van der Waals surface area (Å²) in [7, 11) is 0. The lowest BCUT2D eigenvalue weighted by atomic mass is 9.93. The first-order chi connectivity index (χ1) is 13.7. The summed E-state index contributed by atoms with van der Waals surface area (Å²) in [5.41, 5.74) is 1.81. The van der Waals surface area contributed by atoms with Crippen LogP contribution in [0.5, 0.6) is 5.88 Å². The standard InChI is InChI=1S/C22H26N4O2/c23-15-18-8-13-21(25-16-18)28-20-11-9-19(10-12-20)26-22(27)24-14-4-7-17-5-2-1-3-6-17/h1-3,5-6,8,13,16,19-20H,4,7,9-12,14H2,(H2,24,26,27). The van der Waals surface area contributed by atoms with Gasteiger partial charge in [-0.3, -0.25) is 0 Å². The number of carbonyl (C=O) groups excluding carboxylic acids is 1. The van der Waals surface area contributed by atoms with E-state index in [-0.39, 0.29) is 18.2 Å². The number of ether oxygens (including phenoxy) is 1. The van der Waals surface area contributed by atoms with Crippen molar-refractivity contribution in [2.24, 2.45) is 0 Å². The van der Waals surface area contributed by atoms with Crippen molar-refractivity contribution in [2.45, 2.75) is 50.7 Å². The molecule has 6 heteroatoms. The Balaban J connectivity index is 1.30. The van der Waals surface area contributed by atoms with Crippen LogP contribution in [0.1, 0.15) is 43.2 Å². The average Bonchev–Trinajstić information content (AvgIpc) is 2.74. The van der Waals surface area contributed by atoms with E-state index in [4.69, 9.17) is 10.00 Å². The third kappa shape index (κ3) is 6.27. The molecule has 0 bridgehead atoms. The number of hydrogen-bond donors (Lipinski definition) is 2. The molecule has 146 valence electrons. The summed E-state index contributed by atoms with van der Waals surface area (Å²) < 4.78 is 5.88. The lowest BCUT2D eigenvalue weighted by Gasteiger charge is -2.29. The first-order valence-corrected chi connectivity index (χ1v) is 9.84. The van der Waals surface area contributed by atoms with Crippen molar-refractivity contribution in [1.29, 1.82) is 5.26 Å². The maximum Gasteiger partial charge on any atom is 0.315 e. The number of urea groups is 1. The summed E-state index contributed by atoms with van der Waals surface area (Å²) in [6.45, 7) is 0.670. The van der Waals surface area contributed by atoms with E-state index in [0.717, 1.165) is 38.5 Å². The number of amides is 2. The number of nitrogens with one attached hydrogen (secondary N) is 2. The van der Waals surface area contributed by atoms with Crippen LogP contribution in [0.3, 0.4) is 0 Å². The number of nitrogens with zero attached hydrogens (tertiary/aromatic N) is 2. The lowest BCUT2D eigenvalue weighted by Crippen LogP contribution is -2.45. The van der Waals surface area contributed by atoms with Gasteiger partial charge in [0.25, 0.3) is 0 Å². The minimum Gasteiger partial charge on any atom is -0.474 e. The molecule has 1 aromatic heterocycles. The van der Waals surface area contributed by atoms with E-state index >= 15 is 0 Å². The Morgan fingerprint density at radius 3 is 2.61 bits per heavy atom. The molecule has 1 heterocycles. The second kappa shape index (κ2) is 10.3. The maximum absolute atomic E-state index is 12.1. The smallest absolute Gasteiger partial charge is 0.315 e. The van der Waals surface area contributed by atoms with Crippen molar-refractivity contribution in [1.82, 2.24) is 15.6 Å². The molecule has 2 aromatic rings. The van der Waals surface area contributed by atoms with Gasteiger partial charge in [-0.15, -0.1) is 0 Å². The highest BCUT2D eigenvalue weighted by atomic mass is 16.5. The Morgan fingerprint density at radius 1 is 1.14 bits per heavy atom. The molecule has 1 aromatic carbocycles. The van der Waals surface area contributed by atoms with Crippen LogP contribution in [0.15, 0.2) is 48.7 Å². The fraction of sp³-hybridized carbons (Fsp3) is 0.409. The molecule has 0 unspecified atom stereocenters. The predicted molar refractivity (Wildman–Crippen MR) is 107 cm³/mol. The van der Waals surface area contributed by atoms with Gasteiger partial charge in [0.05, 0.1) is 5.56 Å². The Bertz CT molecular complexity index is 778. The maximum atomic E-state index is 12.1. The van der Waals surface area contributed by atoms with E-state index in [1.807, 2.05) is 24.3 Å². The first-order valence-electron chi connectivity index (χ1n) is 9.84. The third-order valence-electron chi connectivity index (χ3n) is 4.93. The second-order valence-electron chi connectivity index (χ2n) is 7.08. The summed E-state index contributed by atoms with van der Waals surface area (Å²) >= 11 is 0. The number of hydrogen-bond acceptors (Lipinski definition) is 4. The zero-order valence-corrected chi connectivity index (χ0v) is 15.9. The molecule has 0 aliphatic heterocycles. The van der Waals surface area contributed by atoms with Crippen LogP contribution in [-0.2, 0) is 6.42 Å². The van der Waals surface area contributed by atoms with Crippen molar-refractivity contribution < 1.29 is 9.53 Å². The molecule has 1 aliphatic rings. The minimum atomic E-state index is -0.0915. The number of aryl methyl sites for hydroxylation is 1. The van der Waals surface area contributed by atoms with Crippen molar-refractivity contribution in [3.63, 3.8) is 0 Å². The molecule has 2 N–H and O–H groups in total. The van der Waals surface area contributed by atoms with Crippen LogP contribution in [0, 0.1) is 11.3 Å². The quantitative estimate of drug-likeness (QED) is 0.721. The van der Waals surface area contributed by atoms with E-state index in [9.17, 15) is 4.79 Å². The summed E-state index contributed by atoms with van der Waals surface area (Å²) in [4.78, 5) is 16.2. The van der Waals surface area contributed by atoms with E-state index in [2.05, 4.69) is 27.8 Å². The molecular formula is C22H26N4O2. The van der Waals surface area contributed by atoms with Crippen molar-refractivity contribution in [2.75, 3.05) is 6.54 Å². The summed E-state index contributed by atoms with van der Waals surface area (Å²) in [6.07, 6.45) is 7.04. The SMILES string of the molecule is N#Cc1ccc(OC2CCC(NC(=O)NCCCc3ccccc3)CC2)nc1. The number of carbonyl (C=O) groups is 1. The zero-order chi connectivity index (χ0) is 19.6. The number of nitriles is 1. The Labute approximate surface area is 165 Å². The van der Waals surface area contributed by atoms with Gasteiger partial charge in [-0.25, -0.2) is 9.78 Å². The minimum absolute atomic E-state index is 0.0915. The number of pyridine rings is 1. The van der Waals surface area contributed by atoms with Crippen LogP contribution in [0.25, 0.3) is 0 Å². The van der Waals surface area contributed by atoms with Gasteiger partial charge in [-0.1, -0.05) is 30.3 Å². The summed E-state index contributed by atoms with van der Waals surface area (Å²) in [5.74, 6) is 0.548. The first kappa shape index (κ1) is 19.7. The molecule has 28 heavy (non-hydrogen) atoms. The molecule has 6 nitrogen and oxygen atoms in total. The Morgan fingerprint density at radius 2 is 1.93 bits per heavy atom. The molecule has 2 amide bonds. The topological polar surface area (TPSA) is 87.0 Å². The lowest BCUT2D eigenvalue weighted by molar-refractivity contribution is 0.135. The largest absolute Gasteiger partial charge is 0.474 e. The number of rotatable bonds is 7. The van der Waals surface area contributed by atoms with Gasteiger partial charge in [-0.2, -0.15) is 5.26 Å². The van der Waals surface area contributed by atoms with Crippen molar-refractivity contribution >= 4 is 6.03 Å². The van der Waals surface area contributed by atoms with Crippen LogP contribution in [0.2, 0.25) is 0 Å². The van der Waals surface area contributed by atoms with E-state index in [1.54, 1.807) is 12.1 Å². The average molecular weight is 378 g/mol. The van der Waals surface area contributed by atoms with Gasteiger partial charge < -0.3 is 15.4 Å². The molecule has 1 fully saturated rings. The van der Waals surface area contributed by atoms with Crippen LogP contribution in [0.4, 0.5) is 4.79 Å². The molecule has 0 atom stereocenters. The molecule has 3 rings (SSSR count). The Hall–Kier alpha value is -3.07. The molecule has 0 saturated heterocycles. The summed E-state index contributed by atoms with van der Waals surface area (Å²) in [5, 5.41) is 14.8.